The summed E-state index contributed by atoms with van der Waals surface area (Å²) in [6.45, 7) is 0. The summed E-state index contributed by atoms with van der Waals surface area (Å²) in [4.78, 5) is 2.04. The van der Waals surface area contributed by atoms with Crippen LogP contribution in [0.5, 0.6) is 0 Å². The second-order valence-corrected chi connectivity index (χ2v) is 1.73. The quantitative estimate of drug-likeness (QED) is 0.456. The van der Waals surface area contributed by atoms with Crippen LogP contribution < -0.4 is 0 Å². The average Bonchev–Trinajstić information content (AvgIpc) is 1.38. The molecule has 0 aromatic carbocycles. The van der Waals surface area contributed by atoms with Crippen molar-refractivity contribution in [3.63, 3.8) is 0 Å². The van der Waals surface area contributed by atoms with Crippen LogP contribution in [0.15, 0.2) is 0 Å². The number of nitrogens with zero attached hydrogens (tertiary/aromatic N) is 1. The van der Waals surface area contributed by atoms with Crippen molar-refractivity contribution in [2.45, 2.75) is 0 Å². The first kappa shape index (κ1) is 5.91. The maximum atomic E-state index is 2.09. The van der Waals surface area contributed by atoms with E-state index in [0.717, 1.165) is 0 Å². The van der Waals surface area contributed by atoms with E-state index in [-0.39, 0.29) is 0 Å². The molecule has 0 atom stereocenters. The van der Waals surface area contributed by atoms with Crippen LogP contribution in [-0.4, -0.2) is 23.4 Å². The van der Waals surface area contributed by atoms with Gasteiger partial charge in [-0.2, -0.15) is 0 Å². The van der Waals surface area contributed by atoms with Crippen molar-refractivity contribution in [2.24, 2.45) is 0 Å². The van der Waals surface area contributed by atoms with Crippen molar-refractivity contribution >= 4 is 4.51 Å². The van der Waals surface area contributed by atoms with Gasteiger partial charge in [-0.25, -0.2) is 0 Å². The number of hydrogen-bond donors (Lipinski definition) is 0. The molecule has 0 heterocycles. The molecule has 0 aliphatic rings. The number of hydrogen-bond acceptors (Lipinski definition) is 1. The van der Waals surface area contributed by atoms with Crippen molar-refractivity contribution < 1.29 is 24.0 Å². The fraction of sp³-hybridized carbons (Fsp3) is 1.00. The van der Waals surface area contributed by atoms with E-state index in [1.807, 2.05) is 18.9 Å². The van der Waals surface area contributed by atoms with Crippen LogP contribution in [0.1, 0.15) is 0 Å². The van der Waals surface area contributed by atoms with E-state index in [9.17, 15) is 0 Å². The molecule has 0 amide bonds. The zero-order valence-corrected chi connectivity index (χ0v) is 5.98. The zero-order chi connectivity index (χ0) is 4.28. The predicted octanol–water partition coefficient (Wildman–Crippen LogP) is -0.371. The molecule has 0 aromatic rings. The van der Waals surface area contributed by atoms with E-state index < -0.39 is 0 Å². The summed E-state index contributed by atoms with van der Waals surface area (Å²) >= 11 is 1.47. The molecule has 0 spiro atoms. The van der Waals surface area contributed by atoms with Crippen LogP contribution in [-0.2, 0) is 24.0 Å². The molecule has 0 rings (SSSR count). The first-order valence-electron chi connectivity index (χ1n) is 1.44. The van der Waals surface area contributed by atoms with Crippen LogP contribution in [0.4, 0.5) is 0 Å². The van der Waals surface area contributed by atoms with Gasteiger partial charge in [0, 0.05) is 0 Å². The molecule has 0 saturated heterocycles. The Morgan fingerprint density at radius 2 is 1.80 bits per heavy atom. The van der Waals surface area contributed by atoms with Gasteiger partial charge in [0.2, 0.25) is 0 Å². The molecule has 0 aliphatic carbocycles. The molecule has 24 valence electrons. The molecule has 0 aromatic heterocycles. The third-order valence-corrected chi connectivity index (χ3v) is 1.53. The van der Waals surface area contributed by atoms with Gasteiger partial charge in [0.1, 0.15) is 0 Å². The van der Waals surface area contributed by atoms with E-state index in [2.05, 4.69) is 4.51 Å². The maximum absolute atomic E-state index is 2.09. The minimum absolute atomic E-state index is 1.47. The molecule has 0 fully saturated rings. The van der Waals surface area contributed by atoms with Crippen LogP contribution in [0, 0.1) is 0 Å². The molecule has 1 nitrogen and oxygen atoms in total. The van der Waals surface area contributed by atoms with Gasteiger partial charge < -0.3 is 0 Å². The molecule has 0 bridgehead atoms. The predicted molar refractivity (Wildman–Crippen MR) is 19.4 cm³/mol. The third kappa shape index (κ3) is 4.91. The summed E-state index contributed by atoms with van der Waals surface area (Å²) in [5.41, 5.74) is 0. The summed E-state index contributed by atoms with van der Waals surface area (Å²) in [5.74, 6) is 0. The molecule has 0 radical (unpaired) electrons. The number of rotatable bonds is 1. The molecule has 0 aliphatic heterocycles. The summed E-state index contributed by atoms with van der Waals surface area (Å²) in [6, 6.07) is 0. The Morgan fingerprint density at radius 3 is 1.80 bits per heavy atom. The van der Waals surface area contributed by atoms with Crippen LogP contribution in [0.25, 0.3) is 0 Å². The molecular formula is C2H6BNZr+2. The first-order chi connectivity index (χ1) is 2.27. The third-order valence-electron chi connectivity index (χ3n) is 0.258. The van der Waals surface area contributed by atoms with E-state index >= 15 is 0 Å². The van der Waals surface area contributed by atoms with Crippen molar-refractivity contribution in [3.05, 3.63) is 0 Å². The Labute approximate surface area is 47.6 Å². The molecule has 0 saturated carbocycles. The van der Waals surface area contributed by atoms with Crippen molar-refractivity contribution in [2.75, 3.05) is 14.1 Å². The van der Waals surface area contributed by atoms with Crippen molar-refractivity contribution in [3.8, 4) is 0 Å². The molecule has 3 heteroatoms. The van der Waals surface area contributed by atoms with Crippen LogP contribution in [0.3, 0.4) is 0 Å². The van der Waals surface area contributed by atoms with Gasteiger partial charge in [0.25, 0.3) is 0 Å². The second kappa shape index (κ2) is 3.11. The first-order valence-corrected chi connectivity index (χ1v) is 2.86. The fourth-order valence-corrected chi connectivity index (χ4v) is 0. The topological polar surface area (TPSA) is 3.24 Å². The van der Waals surface area contributed by atoms with Gasteiger partial charge in [0.05, 0.1) is 0 Å². The van der Waals surface area contributed by atoms with Crippen molar-refractivity contribution in [1.82, 2.24) is 4.81 Å². The average molecular weight is 146 g/mol. The monoisotopic (exact) mass is 145 g/mol. The van der Waals surface area contributed by atoms with Gasteiger partial charge in [-0.1, -0.05) is 0 Å². The van der Waals surface area contributed by atoms with E-state index in [1.165, 1.54) is 24.0 Å². The Balaban J connectivity index is 2.83. The summed E-state index contributed by atoms with van der Waals surface area (Å²) < 4.78 is 2.09. The Morgan fingerprint density at radius 1 is 1.60 bits per heavy atom. The van der Waals surface area contributed by atoms with Gasteiger partial charge in [-0.3, -0.25) is 0 Å². The van der Waals surface area contributed by atoms with Gasteiger partial charge in [-0.15, -0.1) is 0 Å². The Hall–Kier alpha value is 0.908. The summed E-state index contributed by atoms with van der Waals surface area (Å²) in [6.07, 6.45) is 0. The van der Waals surface area contributed by atoms with E-state index in [1.54, 1.807) is 0 Å². The summed E-state index contributed by atoms with van der Waals surface area (Å²) in [5, 5.41) is 0. The Kier molecular flexibility index (Phi) is 3.68. The van der Waals surface area contributed by atoms with E-state index in [4.69, 9.17) is 0 Å². The van der Waals surface area contributed by atoms with Crippen molar-refractivity contribution in [1.29, 1.82) is 0 Å². The van der Waals surface area contributed by atoms with Gasteiger partial charge >= 0.3 is 47.4 Å². The molecule has 0 unspecified atom stereocenters. The Bertz CT molecular complexity index is 36.6. The van der Waals surface area contributed by atoms with Crippen LogP contribution >= 0.6 is 0 Å². The zero-order valence-electron chi connectivity index (χ0n) is 3.52. The molecule has 5 heavy (non-hydrogen) atoms. The minimum atomic E-state index is 1.47. The fourth-order valence-electron chi connectivity index (χ4n) is 0. The standard InChI is InChI=1S/C2H6BN.Zr/c1-4(2)3;/h1-2H3;/q;+2. The van der Waals surface area contributed by atoms with Crippen LogP contribution in [0.2, 0.25) is 0 Å². The normalized spacial score (nSPS) is 8.20. The molecule has 0 N–H and O–H groups in total. The SMILES string of the molecule is CN(C)[B]=[Zr+2]. The van der Waals surface area contributed by atoms with Gasteiger partial charge in [0.15, 0.2) is 0 Å². The van der Waals surface area contributed by atoms with E-state index in [0.29, 0.717) is 0 Å². The van der Waals surface area contributed by atoms with Gasteiger partial charge in [-0.05, 0) is 0 Å². The second-order valence-electron chi connectivity index (χ2n) is 1.09. The molecular weight excluding hydrogens is 140 g/mol. The summed E-state index contributed by atoms with van der Waals surface area (Å²) in [7, 11) is 4.04.